The Morgan fingerprint density at radius 1 is 0.810 bits per heavy atom. The molecule has 1 heteroatoms. The third kappa shape index (κ3) is 2.87. The minimum absolute atomic E-state index is 0.209. The number of hydrogen-bond acceptors (Lipinski definition) is 1. The van der Waals surface area contributed by atoms with Crippen LogP contribution < -0.4 is 0 Å². The van der Waals surface area contributed by atoms with Gasteiger partial charge in [-0.1, -0.05) is 66.7 Å². The van der Waals surface area contributed by atoms with Gasteiger partial charge < -0.3 is 0 Å². The summed E-state index contributed by atoms with van der Waals surface area (Å²) in [6, 6.07) is 22.2. The molecule has 1 nitrogen and oxygen atoms in total. The van der Waals surface area contributed by atoms with Gasteiger partial charge in [0.1, 0.15) is 0 Å². The van der Waals surface area contributed by atoms with E-state index in [1.165, 1.54) is 21.9 Å². The predicted molar refractivity (Wildman–Crippen MR) is 87.8 cm³/mol. The summed E-state index contributed by atoms with van der Waals surface area (Å²) < 4.78 is 0. The zero-order valence-electron chi connectivity index (χ0n) is 12.2. The highest BCUT2D eigenvalue weighted by atomic mass is 16.1. The lowest BCUT2D eigenvalue weighted by atomic mass is 9.96. The minimum Gasteiger partial charge on any atom is -0.294 e. The van der Waals surface area contributed by atoms with Gasteiger partial charge in [0.25, 0.3) is 0 Å². The van der Waals surface area contributed by atoms with Crippen LogP contribution in [0, 0.1) is 6.92 Å². The molecule has 0 spiro atoms. The fourth-order valence-corrected chi connectivity index (χ4v) is 2.75. The van der Waals surface area contributed by atoms with Crippen LogP contribution in [0.25, 0.3) is 10.8 Å². The first-order valence-corrected chi connectivity index (χ1v) is 7.31. The van der Waals surface area contributed by atoms with Crippen molar-refractivity contribution in [2.24, 2.45) is 0 Å². The van der Waals surface area contributed by atoms with Gasteiger partial charge in [-0.05, 0) is 35.2 Å². The predicted octanol–water partition coefficient (Wildman–Crippen LogP) is 4.96. The summed E-state index contributed by atoms with van der Waals surface area (Å²) in [5.41, 5.74) is 3.33. The zero-order valence-corrected chi connectivity index (χ0v) is 12.2. The first kappa shape index (κ1) is 13.6. The van der Waals surface area contributed by atoms with Crippen molar-refractivity contribution in [3.63, 3.8) is 0 Å². The van der Waals surface area contributed by atoms with Crippen LogP contribution in [0.15, 0.2) is 66.7 Å². The highest BCUT2D eigenvalue weighted by Gasteiger charge is 2.08. The summed E-state index contributed by atoms with van der Waals surface area (Å²) in [5, 5.41) is 2.54. The van der Waals surface area contributed by atoms with Gasteiger partial charge in [-0.25, -0.2) is 0 Å². The van der Waals surface area contributed by atoms with Crippen LogP contribution in [0.2, 0.25) is 0 Å². The van der Waals surface area contributed by atoms with Gasteiger partial charge in [0.05, 0.1) is 0 Å². The van der Waals surface area contributed by atoms with Crippen LogP contribution in [0.3, 0.4) is 0 Å². The van der Waals surface area contributed by atoms with Gasteiger partial charge in [-0.2, -0.15) is 0 Å². The number of carbonyl (C=O) groups is 1. The van der Waals surface area contributed by atoms with Crippen molar-refractivity contribution in [2.75, 3.05) is 0 Å². The molecule has 21 heavy (non-hydrogen) atoms. The van der Waals surface area contributed by atoms with Crippen LogP contribution in [0.5, 0.6) is 0 Å². The van der Waals surface area contributed by atoms with Crippen molar-refractivity contribution in [3.05, 3.63) is 83.4 Å². The molecule has 0 saturated heterocycles. The normalized spacial score (nSPS) is 10.7. The maximum atomic E-state index is 12.2. The van der Waals surface area contributed by atoms with Gasteiger partial charge in [0.2, 0.25) is 0 Å². The lowest BCUT2D eigenvalue weighted by molar-refractivity contribution is 0.0983. The highest BCUT2D eigenvalue weighted by molar-refractivity contribution is 5.96. The number of fused-ring (bicyclic) bond motifs is 1. The van der Waals surface area contributed by atoms with E-state index in [1.54, 1.807) is 0 Å². The molecule has 0 aliphatic rings. The molecule has 3 aromatic rings. The van der Waals surface area contributed by atoms with Crippen LogP contribution in [-0.4, -0.2) is 5.78 Å². The van der Waals surface area contributed by atoms with E-state index >= 15 is 0 Å². The molecule has 0 aromatic heterocycles. The third-order valence-corrected chi connectivity index (χ3v) is 3.95. The van der Waals surface area contributed by atoms with E-state index in [2.05, 4.69) is 43.3 Å². The lowest BCUT2D eigenvalue weighted by Crippen LogP contribution is -2.01. The van der Waals surface area contributed by atoms with E-state index in [0.29, 0.717) is 6.42 Å². The number of rotatable bonds is 4. The van der Waals surface area contributed by atoms with Crippen LogP contribution in [0.4, 0.5) is 0 Å². The molecule has 3 aromatic carbocycles. The van der Waals surface area contributed by atoms with Crippen molar-refractivity contribution in [2.45, 2.75) is 19.8 Å². The summed E-state index contributed by atoms with van der Waals surface area (Å²) >= 11 is 0. The Hall–Kier alpha value is -2.41. The Labute approximate surface area is 125 Å². The maximum absolute atomic E-state index is 12.2. The fourth-order valence-electron chi connectivity index (χ4n) is 2.75. The van der Waals surface area contributed by atoms with Crippen LogP contribution in [0.1, 0.15) is 27.9 Å². The zero-order chi connectivity index (χ0) is 14.7. The summed E-state index contributed by atoms with van der Waals surface area (Å²) in [4.78, 5) is 12.2. The number of hydrogen-bond donors (Lipinski definition) is 0. The Morgan fingerprint density at radius 2 is 1.48 bits per heavy atom. The molecular formula is C20H18O. The summed E-state index contributed by atoms with van der Waals surface area (Å²) in [6.07, 6.45) is 1.34. The van der Waals surface area contributed by atoms with E-state index in [9.17, 15) is 4.79 Å². The largest absolute Gasteiger partial charge is 0.294 e. The second-order valence-corrected chi connectivity index (χ2v) is 5.38. The van der Waals surface area contributed by atoms with Gasteiger partial charge in [-0.15, -0.1) is 0 Å². The maximum Gasteiger partial charge on any atom is 0.163 e. The molecule has 0 N–H and O–H groups in total. The average molecular weight is 274 g/mol. The Balaban J connectivity index is 1.83. The van der Waals surface area contributed by atoms with E-state index in [1.807, 2.05) is 30.3 Å². The van der Waals surface area contributed by atoms with Crippen molar-refractivity contribution < 1.29 is 4.79 Å². The number of benzene rings is 3. The first-order valence-electron chi connectivity index (χ1n) is 7.31. The smallest absolute Gasteiger partial charge is 0.163 e. The number of aryl methyl sites for hydroxylation is 2. The van der Waals surface area contributed by atoms with Crippen LogP contribution in [-0.2, 0) is 6.42 Å². The number of Topliss-reactive ketones (excluding diaryl/α,β-unsaturated/α-hetero) is 1. The van der Waals surface area contributed by atoms with Crippen LogP contribution >= 0.6 is 0 Å². The molecule has 0 aliphatic carbocycles. The first-order chi connectivity index (χ1) is 10.3. The summed E-state index contributed by atoms with van der Waals surface area (Å²) in [7, 11) is 0. The highest BCUT2D eigenvalue weighted by Crippen LogP contribution is 2.23. The number of ketones is 1. The van der Waals surface area contributed by atoms with Gasteiger partial charge in [-0.3, -0.25) is 4.79 Å². The lowest BCUT2D eigenvalue weighted by Gasteiger charge is -2.08. The SMILES string of the molecule is Cc1ccc(CCC(=O)c2ccccc2)c2ccccc12. The van der Waals surface area contributed by atoms with Gasteiger partial charge >= 0.3 is 0 Å². The second-order valence-electron chi connectivity index (χ2n) is 5.38. The quantitative estimate of drug-likeness (QED) is 0.614. The van der Waals surface area contributed by atoms with Crippen molar-refractivity contribution in [3.8, 4) is 0 Å². The molecule has 0 aliphatic heterocycles. The standard InChI is InChI=1S/C20H18O/c1-15-11-12-16(19-10-6-5-9-18(15)19)13-14-20(21)17-7-3-2-4-8-17/h2-12H,13-14H2,1H3. The van der Waals surface area contributed by atoms with Gasteiger partial charge in [0.15, 0.2) is 5.78 Å². The average Bonchev–Trinajstić information content (AvgIpc) is 2.55. The Bertz CT molecular complexity index is 772. The molecule has 0 atom stereocenters. The monoisotopic (exact) mass is 274 g/mol. The van der Waals surface area contributed by atoms with Crippen molar-refractivity contribution in [1.82, 2.24) is 0 Å². The van der Waals surface area contributed by atoms with E-state index in [-0.39, 0.29) is 5.78 Å². The number of carbonyl (C=O) groups excluding carboxylic acids is 1. The Kier molecular flexibility index (Phi) is 3.83. The fraction of sp³-hybridized carbons (Fsp3) is 0.150. The Morgan fingerprint density at radius 3 is 2.24 bits per heavy atom. The molecular weight excluding hydrogens is 256 g/mol. The molecule has 0 heterocycles. The molecule has 0 saturated carbocycles. The molecule has 0 fully saturated rings. The van der Waals surface area contributed by atoms with Crippen molar-refractivity contribution in [1.29, 1.82) is 0 Å². The summed E-state index contributed by atoms with van der Waals surface area (Å²) in [5.74, 6) is 0.209. The molecule has 0 unspecified atom stereocenters. The molecule has 104 valence electrons. The van der Waals surface area contributed by atoms with Crippen molar-refractivity contribution >= 4 is 16.6 Å². The van der Waals surface area contributed by atoms with E-state index < -0.39 is 0 Å². The minimum atomic E-state index is 0.209. The molecule has 0 bridgehead atoms. The topological polar surface area (TPSA) is 17.1 Å². The molecule has 0 radical (unpaired) electrons. The van der Waals surface area contributed by atoms with E-state index in [4.69, 9.17) is 0 Å². The third-order valence-electron chi connectivity index (χ3n) is 3.95. The second kappa shape index (κ2) is 5.92. The summed E-state index contributed by atoms with van der Waals surface area (Å²) in [6.45, 7) is 2.13. The molecule has 0 amide bonds. The van der Waals surface area contributed by atoms with Gasteiger partial charge in [0, 0.05) is 12.0 Å². The molecule has 3 rings (SSSR count). The van der Waals surface area contributed by atoms with E-state index in [0.717, 1.165) is 12.0 Å².